The predicted octanol–water partition coefficient (Wildman–Crippen LogP) is 9.75. The molecule has 37 heavy (non-hydrogen) atoms. The molecule has 0 fully saturated rings. The summed E-state index contributed by atoms with van der Waals surface area (Å²) in [6.45, 7) is 14.2. The minimum absolute atomic E-state index is 0.266. The maximum absolute atomic E-state index is 6.35. The lowest BCUT2D eigenvalue weighted by Gasteiger charge is -2.16. The summed E-state index contributed by atoms with van der Waals surface area (Å²) in [5.74, 6) is 2.27. The van der Waals surface area contributed by atoms with Crippen LogP contribution in [0.2, 0.25) is 10.0 Å². The Morgan fingerprint density at radius 1 is 0.757 bits per heavy atom. The molecule has 0 aliphatic carbocycles. The van der Waals surface area contributed by atoms with Crippen LogP contribution in [0.1, 0.15) is 93.1 Å². The maximum atomic E-state index is 6.35. The Labute approximate surface area is 235 Å². The number of pyridine rings is 1. The Hall–Kier alpha value is -2.27. The fourth-order valence-corrected chi connectivity index (χ4v) is 6.27. The molecule has 2 aromatic carbocycles. The van der Waals surface area contributed by atoms with Crippen molar-refractivity contribution in [2.75, 3.05) is 0 Å². The quantitative estimate of drug-likeness (QED) is 0.207. The topological polar surface area (TPSA) is 30.7 Å². The van der Waals surface area contributed by atoms with Gasteiger partial charge in [-0.3, -0.25) is 4.98 Å². The Balaban J connectivity index is 1.84. The molecular formula is C31H35Cl2N3S. The molecule has 0 bridgehead atoms. The molecule has 0 aliphatic rings. The molecule has 0 radical (unpaired) electrons. The average molecular weight is 553 g/mol. The predicted molar refractivity (Wildman–Crippen MR) is 158 cm³/mol. The molecule has 0 unspecified atom stereocenters. The number of rotatable bonds is 9. The van der Waals surface area contributed by atoms with Crippen LogP contribution in [0.15, 0.2) is 70.8 Å². The Kier molecular flexibility index (Phi) is 9.05. The number of benzene rings is 2. The van der Waals surface area contributed by atoms with Gasteiger partial charge in [0, 0.05) is 40.3 Å². The Morgan fingerprint density at radius 2 is 1.35 bits per heavy atom. The third kappa shape index (κ3) is 6.98. The summed E-state index contributed by atoms with van der Waals surface area (Å²) in [6, 6.07) is 16.9. The van der Waals surface area contributed by atoms with E-state index in [9.17, 15) is 0 Å². The Morgan fingerprint density at radius 3 is 1.89 bits per heavy atom. The van der Waals surface area contributed by atoms with Crippen molar-refractivity contribution in [1.29, 1.82) is 0 Å². The second-order valence-electron chi connectivity index (χ2n) is 10.5. The van der Waals surface area contributed by atoms with Crippen LogP contribution >= 0.6 is 35.0 Å². The third-order valence-electron chi connectivity index (χ3n) is 6.45. The van der Waals surface area contributed by atoms with Crippen LogP contribution < -0.4 is 0 Å². The molecule has 6 heteroatoms. The van der Waals surface area contributed by atoms with Gasteiger partial charge >= 0.3 is 0 Å². The van der Waals surface area contributed by atoms with Gasteiger partial charge in [0.05, 0.1) is 5.69 Å². The van der Waals surface area contributed by atoms with Crippen LogP contribution in [0.4, 0.5) is 0 Å². The molecule has 194 valence electrons. The maximum Gasteiger partial charge on any atom is 0.114 e. The highest BCUT2D eigenvalue weighted by atomic mass is 35.5. The first kappa shape index (κ1) is 27.8. The first-order valence-corrected chi connectivity index (χ1v) is 14.4. The van der Waals surface area contributed by atoms with Crippen LogP contribution in [0.3, 0.4) is 0 Å². The van der Waals surface area contributed by atoms with E-state index in [1.165, 1.54) is 22.3 Å². The van der Waals surface area contributed by atoms with Crippen molar-refractivity contribution >= 4 is 35.0 Å². The zero-order valence-electron chi connectivity index (χ0n) is 22.4. The zero-order chi connectivity index (χ0) is 26.7. The monoisotopic (exact) mass is 551 g/mol. The molecule has 3 nitrogen and oxygen atoms in total. The summed E-state index contributed by atoms with van der Waals surface area (Å²) in [5.41, 5.74) is 6.33. The lowest BCUT2D eigenvalue weighted by Crippen LogP contribution is -2.08. The first-order chi connectivity index (χ1) is 17.6. The molecule has 0 amide bonds. The zero-order valence-corrected chi connectivity index (χ0v) is 24.8. The van der Waals surface area contributed by atoms with E-state index in [0.717, 1.165) is 34.4 Å². The highest BCUT2D eigenvalue weighted by Crippen LogP contribution is 2.38. The van der Waals surface area contributed by atoms with Gasteiger partial charge < -0.3 is 4.57 Å². The molecule has 0 spiro atoms. The van der Waals surface area contributed by atoms with E-state index < -0.39 is 0 Å². The fraction of sp³-hybridized carbons (Fsp3) is 0.355. The second kappa shape index (κ2) is 12.1. The van der Waals surface area contributed by atoms with E-state index in [1.807, 2.05) is 24.5 Å². The average Bonchev–Trinajstić information content (AvgIpc) is 3.15. The highest BCUT2D eigenvalue weighted by Gasteiger charge is 2.22. The molecule has 0 atom stereocenters. The van der Waals surface area contributed by atoms with Crippen molar-refractivity contribution in [3.63, 3.8) is 0 Å². The molecule has 0 aliphatic heterocycles. The minimum Gasteiger partial charge on any atom is -0.318 e. The normalized spacial score (nSPS) is 11.8. The van der Waals surface area contributed by atoms with Crippen molar-refractivity contribution in [2.24, 2.45) is 0 Å². The molecule has 0 N–H and O–H groups in total. The molecule has 4 rings (SSSR count). The van der Waals surface area contributed by atoms with Gasteiger partial charge in [0.25, 0.3) is 0 Å². The van der Waals surface area contributed by atoms with Gasteiger partial charge in [-0.05, 0) is 70.3 Å². The van der Waals surface area contributed by atoms with Crippen LogP contribution in [0, 0.1) is 0 Å². The molecule has 2 heterocycles. The van der Waals surface area contributed by atoms with Crippen LogP contribution in [0.25, 0.3) is 0 Å². The second-order valence-corrected chi connectivity index (χ2v) is 12.5. The summed E-state index contributed by atoms with van der Waals surface area (Å²) in [4.78, 5) is 10.5. The summed E-state index contributed by atoms with van der Waals surface area (Å²) in [6.07, 6.45) is 4.46. The SMILES string of the molecule is CC(C)c1cc(Cc2nc(C(C)C)c(Sc3cc(Cl)cc(Cl)c3)n2Cc2ccncc2)cc(C(C)C)c1. The lowest BCUT2D eigenvalue weighted by molar-refractivity contribution is 0.676. The van der Waals surface area contributed by atoms with Gasteiger partial charge in [0.1, 0.15) is 10.9 Å². The molecule has 0 saturated carbocycles. The summed E-state index contributed by atoms with van der Waals surface area (Å²) in [7, 11) is 0. The smallest absolute Gasteiger partial charge is 0.114 e. The van der Waals surface area contributed by atoms with Crippen molar-refractivity contribution in [3.8, 4) is 0 Å². The fourth-order valence-electron chi connectivity index (χ4n) is 4.35. The minimum atomic E-state index is 0.266. The van der Waals surface area contributed by atoms with Gasteiger partial charge in [0.2, 0.25) is 0 Å². The molecule has 2 aromatic heterocycles. The van der Waals surface area contributed by atoms with E-state index in [-0.39, 0.29) is 5.92 Å². The van der Waals surface area contributed by atoms with Crippen molar-refractivity contribution in [3.05, 3.63) is 105 Å². The summed E-state index contributed by atoms with van der Waals surface area (Å²) >= 11 is 14.4. The van der Waals surface area contributed by atoms with Crippen LogP contribution in [-0.2, 0) is 13.0 Å². The van der Waals surface area contributed by atoms with E-state index in [0.29, 0.717) is 21.9 Å². The molecule has 4 aromatic rings. The first-order valence-electron chi connectivity index (χ1n) is 12.9. The highest BCUT2D eigenvalue weighted by molar-refractivity contribution is 7.99. The largest absolute Gasteiger partial charge is 0.318 e. The van der Waals surface area contributed by atoms with E-state index in [1.54, 1.807) is 17.8 Å². The number of nitrogens with zero attached hydrogens (tertiary/aromatic N) is 3. The van der Waals surface area contributed by atoms with Gasteiger partial charge in [-0.25, -0.2) is 4.98 Å². The van der Waals surface area contributed by atoms with Crippen LogP contribution in [0.5, 0.6) is 0 Å². The van der Waals surface area contributed by atoms with E-state index in [2.05, 4.69) is 81.4 Å². The molecular weight excluding hydrogens is 517 g/mol. The van der Waals surface area contributed by atoms with Gasteiger partial charge in [-0.1, -0.05) is 94.7 Å². The van der Waals surface area contributed by atoms with E-state index in [4.69, 9.17) is 28.2 Å². The van der Waals surface area contributed by atoms with Gasteiger partial charge in [-0.2, -0.15) is 0 Å². The number of aromatic nitrogens is 3. The van der Waals surface area contributed by atoms with Crippen LogP contribution in [-0.4, -0.2) is 14.5 Å². The number of hydrogen-bond donors (Lipinski definition) is 0. The van der Waals surface area contributed by atoms with Gasteiger partial charge in [-0.15, -0.1) is 0 Å². The number of hydrogen-bond acceptors (Lipinski definition) is 3. The standard InChI is InChI=1S/C31H35Cl2N3S/c1-19(2)24-11-23(12-25(14-24)20(3)4)13-29-35-30(21(5)6)31(36(29)18-22-7-9-34-10-8-22)37-28-16-26(32)15-27(33)17-28/h7-12,14-17,19-21H,13,18H2,1-6H3. The Bertz CT molecular complexity index is 1310. The van der Waals surface area contributed by atoms with Crippen molar-refractivity contribution < 1.29 is 0 Å². The van der Waals surface area contributed by atoms with Gasteiger partial charge in [0.15, 0.2) is 0 Å². The van der Waals surface area contributed by atoms with E-state index >= 15 is 0 Å². The summed E-state index contributed by atoms with van der Waals surface area (Å²) in [5, 5.41) is 2.39. The summed E-state index contributed by atoms with van der Waals surface area (Å²) < 4.78 is 2.36. The number of imidazole rings is 1. The number of halogens is 2. The molecule has 0 saturated heterocycles. The third-order valence-corrected chi connectivity index (χ3v) is 7.98. The van der Waals surface area contributed by atoms with Crippen molar-refractivity contribution in [2.45, 2.75) is 82.2 Å². The van der Waals surface area contributed by atoms with Crippen molar-refractivity contribution in [1.82, 2.24) is 14.5 Å². The lowest BCUT2D eigenvalue weighted by atomic mass is 9.92.